The van der Waals surface area contributed by atoms with Crippen LogP contribution in [0.2, 0.25) is 0 Å². The van der Waals surface area contributed by atoms with Gasteiger partial charge in [0.2, 0.25) is 6.79 Å². The van der Waals surface area contributed by atoms with Crippen molar-refractivity contribution in [2.45, 2.75) is 6.92 Å². The molecule has 1 aromatic carbocycles. The monoisotopic (exact) mass is 338 g/mol. The third-order valence-corrected chi connectivity index (χ3v) is 3.16. The fourth-order valence-electron chi connectivity index (χ4n) is 1.70. The Bertz CT molecular complexity index is 684. The van der Waals surface area contributed by atoms with Crippen molar-refractivity contribution in [2.24, 2.45) is 5.10 Å². The number of nitrogen functional groups attached to an aromatic ring is 1. The number of anilines is 1. The molecule has 2 heterocycles. The lowest BCUT2D eigenvalue weighted by atomic mass is 10.2. The summed E-state index contributed by atoms with van der Waals surface area (Å²) < 4.78 is 12.9. The van der Waals surface area contributed by atoms with Gasteiger partial charge >= 0.3 is 0 Å². The van der Waals surface area contributed by atoms with Crippen molar-refractivity contribution >= 4 is 28.1 Å². The third-order valence-electron chi connectivity index (χ3n) is 2.70. The van der Waals surface area contributed by atoms with E-state index < -0.39 is 0 Å². The number of benzene rings is 1. The zero-order valence-electron chi connectivity index (χ0n) is 10.5. The number of halogens is 1. The van der Waals surface area contributed by atoms with Crippen LogP contribution in [-0.4, -0.2) is 27.9 Å². The normalized spacial score (nSPS) is 13.1. The van der Waals surface area contributed by atoms with E-state index in [1.807, 2.05) is 12.1 Å². The number of hydrogen-bond donors (Lipinski definition) is 2. The van der Waals surface area contributed by atoms with E-state index in [9.17, 15) is 0 Å². The van der Waals surface area contributed by atoms with Crippen LogP contribution < -0.4 is 20.7 Å². The Kier molecular flexibility index (Phi) is 3.18. The van der Waals surface area contributed by atoms with Crippen LogP contribution in [-0.2, 0) is 0 Å². The van der Waals surface area contributed by atoms with Crippen LogP contribution in [0.15, 0.2) is 21.7 Å². The molecule has 1 aliphatic rings. The van der Waals surface area contributed by atoms with Crippen LogP contribution in [0.3, 0.4) is 0 Å². The molecule has 0 spiro atoms. The van der Waals surface area contributed by atoms with Gasteiger partial charge in [-0.05, 0) is 19.1 Å². The lowest BCUT2D eigenvalue weighted by Gasteiger charge is -2.02. The Morgan fingerprint density at radius 1 is 1.45 bits per heavy atom. The van der Waals surface area contributed by atoms with E-state index in [0.29, 0.717) is 23.3 Å². The van der Waals surface area contributed by atoms with Crippen molar-refractivity contribution < 1.29 is 9.47 Å². The standard InChI is InChI=1S/C11H11BrN6O2/c1-6-15-17-11(18(6)13)16-14-4-7-2-8(12)3-9-10(7)20-5-19-9/h2-4H,5,13H2,1H3,(H,16,17)/b14-4+. The fraction of sp³-hybridized carbons (Fsp3) is 0.182. The summed E-state index contributed by atoms with van der Waals surface area (Å²) in [5.41, 5.74) is 3.49. The second kappa shape index (κ2) is 5.00. The lowest BCUT2D eigenvalue weighted by molar-refractivity contribution is 0.174. The summed E-state index contributed by atoms with van der Waals surface area (Å²) in [4.78, 5) is 0. The number of hydrazone groups is 1. The van der Waals surface area contributed by atoms with Gasteiger partial charge in [-0.1, -0.05) is 15.9 Å². The van der Waals surface area contributed by atoms with Crippen LogP contribution in [0.1, 0.15) is 11.4 Å². The average molecular weight is 339 g/mol. The minimum Gasteiger partial charge on any atom is -0.454 e. The molecule has 0 atom stereocenters. The Morgan fingerprint density at radius 3 is 3.05 bits per heavy atom. The smallest absolute Gasteiger partial charge is 0.263 e. The van der Waals surface area contributed by atoms with E-state index in [2.05, 4.69) is 36.7 Å². The van der Waals surface area contributed by atoms with Crippen molar-refractivity contribution in [3.63, 3.8) is 0 Å². The van der Waals surface area contributed by atoms with Crippen molar-refractivity contribution in [3.05, 3.63) is 28.0 Å². The third kappa shape index (κ3) is 2.27. The molecule has 0 saturated carbocycles. The number of nitrogens with two attached hydrogens (primary N) is 1. The van der Waals surface area contributed by atoms with E-state index in [1.165, 1.54) is 4.68 Å². The molecular weight excluding hydrogens is 328 g/mol. The van der Waals surface area contributed by atoms with Gasteiger partial charge in [-0.2, -0.15) is 5.10 Å². The maximum absolute atomic E-state index is 5.70. The summed E-state index contributed by atoms with van der Waals surface area (Å²) in [6.07, 6.45) is 1.60. The van der Waals surface area contributed by atoms with Gasteiger partial charge in [-0.3, -0.25) is 0 Å². The number of rotatable bonds is 3. The van der Waals surface area contributed by atoms with Gasteiger partial charge < -0.3 is 15.3 Å². The van der Waals surface area contributed by atoms with Crippen LogP contribution in [0.4, 0.5) is 5.95 Å². The van der Waals surface area contributed by atoms with Crippen LogP contribution >= 0.6 is 15.9 Å². The van der Waals surface area contributed by atoms with Crippen molar-refractivity contribution in [2.75, 3.05) is 18.1 Å². The number of nitrogens with one attached hydrogen (secondary N) is 1. The predicted molar refractivity (Wildman–Crippen MR) is 76.4 cm³/mol. The first-order valence-electron chi connectivity index (χ1n) is 5.70. The summed E-state index contributed by atoms with van der Waals surface area (Å²) in [5.74, 6) is 7.97. The molecule has 0 radical (unpaired) electrons. The second-order valence-electron chi connectivity index (χ2n) is 4.04. The minimum absolute atomic E-state index is 0.205. The number of fused-ring (bicyclic) bond motifs is 1. The molecule has 3 rings (SSSR count). The molecule has 0 unspecified atom stereocenters. The fourth-order valence-corrected chi connectivity index (χ4v) is 2.16. The Labute approximate surface area is 122 Å². The van der Waals surface area contributed by atoms with Gasteiger partial charge in [0, 0.05) is 10.0 Å². The highest BCUT2D eigenvalue weighted by Gasteiger charge is 2.17. The first-order chi connectivity index (χ1) is 9.65. The quantitative estimate of drug-likeness (QED) is 0.496. The molecule has 0 saturated heterocycles. The molecule has 0 bridgehead atoms. The maximum atomic E-state index is 5.70. The molecule has 20 heavy (non-hydrogen) atoms. The van der Waals surface area contributed by atoms with Crippen LogP contribution in [0.25, 0.3) is 0 Å². The molecule has 3 N–H and O–H groups in total. The van der Waals surface area contributed by atoms with Gasteiger partial charge in [0.25, 0.3) is 5.95 Å². The first kappa shape index (κ1) is 12.7. The Balaban J connectivity index is 1.81. The van der Waals surface area contributed by atoms with Crippen molar-refractivity contribution in [3.8, 4) is 11.5 Å². The number of aryl methyl sites for hydroxylation is 1. The molecule has 0 fully saturated rings. The number of ether oxygens (including phenoxy) is 2. The molecule has 2 aromatic rings. The zero-order chi connectivity index (χ0) is 14.1. The first-order valence-corrected chi connectivity index (χ1v) is 6.50. The highest BCUT2D eigenvalue weighted by atomic mass is 79.9. The van der Waals surface area contributed by atoms with Crippen molar-refractivity contribution in [1.82, 2.24) is 14.9 Å². The van der Waals surface area contributed by atoms with E-state index in [0.717, 1.165) is 10.0 Å². The largest absolute Gasteiger partial charge is 0.454 e. The molecule has 8 nitrogen and oxygen atoms in total. The molecule has 1 aromatic heterocycles. The topological polar surface area (TPSA) is 99.6 Å². The number of hydrogen-bond acceptors (Lipinski definition) is 7. The summed E-state index contributed by atoms with van der Waals surface area (Å²) >= 11 is 3.40. The molecule has 0 aliphatic carbocycles. The summed E-state index contributed by atoms with van der Waals surface area (Å²) in [7, 11) is 0. The van der Waals surface area contributed by atoms with Gasteiger partial charge in [0.05, 0.1) is 6.21 Å². The summed E-state index contributed by atoms with van der Waals surface area (Å²) in [5, 5.41) is 11.7. The predicted octanol–water partition coefficient (Wildman–Crippen LogP) is 1.24. The Hall–Kier alpha value is -2.29. The molecule has 104 valence electrons. The minimum atomic E-state index is 0.205. The van der Waals surface area contributed by atoms with E-state index >= 15 is 0 Å². The molecule has 9 heteroatoms. The highest BCUT2D eigenvalue weighted by Crippen LogP contribution is 2.37. The van der Waals surface area contributed by atoms with Crippen molar-refractivity contribution in [1.29, 1.82) is 0 Å². The molecular formula is C11H11BrN6O2. The van der Waals surface area contributed by atoms with Crippen LogP contribution in [0, 0.1) is 6.92 Å². The lowest BCUT2D eigenvalue weighted by Crippen LogP contribution is -2.13. The van der Waals surface area contributed by atoms with E-state index in [1.54, 1.807) is 13.1 Å². The van der Waals surface area contributed by atoms with E-state index in [-0.39, 0.29) is 6.79 Å². The molecule has 1 aliphatic heterocycles. The van der Waals surface area contributed by atoms with Gasteiger partial charge in [-0.25, -0.2) is 10.1 Å². The summed E-state index contributed by atoms with van der Waals surface area (Å²) in [6.45, 7) is 1.95. The SMILES string of the molecule is Cc1nnc(N/N=C/c2cc(Br)cc3c2OCO3)n1N. The van der Waals surface area contributed by atoms with Gasteiger partial charge in [0.15, 0.2) is 17.3 Å². The molecule has 0 amide bonds. The van der Waals surface area contributed by atoms with Gasteiger partial charge in [-0.15, -0.1) is 10.2 Å². The number of aromatic nitrogens is 3. The van der Waals surface area contributed by atoms with Gasteiger partial charge in [0.1, 0.15) is 0 Å². The number of nitrogens with zero attached hydrogens (tertiary/aromatic N) is 4. The second-order valence-corrected chi connectivity index (χ2v) is 4.96. The zero-order valence-corrected chi connectivity index (χ0v) is 12.1. The highest BCUT2D eigenvalue weighted by molar-refractivity contribution is 9.10. The summed E-state index contributed by atoms with van der Waals surface area (Å²) in [6, 6.07) is 3.71. The maximum Gasteiger partial charge on any atom is 0.263 e. The van der Waals surface area contributed by atoms with E-state index in [4.69, 9.17) is 15.3 Å². The van der Waals surface area contributed by atoms with Crippen LogP contribution in [0.5, 0.6) is 11.5 Å². The Morgan fingerprint density at radius 2 is 2.30 bits per heavy atom. The average Bonchev–Trinajstić information content (AvgIpc) is 3.00.